The van der Waals surface area contributed by atoms with Gasteiger partial charge in [0.15, 0.2) is 0 Å². The minimum absolute atomic E-state index is 0.0406. The van der Waals surface area contributed by atoms with Crippen LogP contribution in [0, 0.1) is 5.82 Å². The van der Waals surface area contributed by atoms with Gasteiger partial charge in [-0.2, -0.15) is 0 Å². The van der Waals surface area contributed by atoms with E-state index in [0.717, 1.165) is 16.1 Å². The van der Waals surface area contributed by atoms with Gasteiger partial charge in [-0.1, -0.05) is 48.2 Å². The van der Waals surface area contributed by atoms with Gasteiger partial charge in [0.1, 0.15) is 5.82 Å². The van der Waals surface area contributed by atoms with Crippen LogP contribution in [-0.2, 0) is 4.79 Å². The van der Waals surface area contributed by atoms with Crippen molar-refractivity contribution in [3.63, 3.8) is 0 Å². The lowest BCUT2D eigenvalue weighted by atomic mass is 10.1. The van der Waals surface area contributed by atoms with E-state index in [1.807, 2.05) is 53.4 Å². The molecule has 5 rings (SSSR count). The van der Waals surface area contributed by atoms with Crippen LogP contribution in [0.15, 0.2) is 82.6 Å². The average molecular weight is 460 g/mol. The molecule has 2 aliphatic rings. The van der Waals surface area contributed by atoms with E-state index in [2.05, 4.69) is 5.32 Å². The zero-order chi connectivity index (χ0) is 22.8. The first-order valence-electron chi connectivity index (χ1n) is 10.8. The molecule has 1 saturated heterocycles. The highest BCUT2D eigenvalue weighted by Gasteiger charge is 2.24. The fourth-order valence-electron chi connectivity index (χ4n) is 4.02. The maximum Gasteiger partial charge on any atom is 0.262 e. The number of nitrogens with one attached hydrogen (secondary N) is 1. The number of halogens is 1. The zero-order valence-electron chi connectivity index (χ0n) is 17.8. The Labute approximate surface area is 195 Å². The summed E-state index contributed by atoms with van der Waals surface area (Å²) in [6, 6.07) is 21.7. The molecule has 33 heavy (non-hydrogen) atoms. The molecule has 3 aromatic rings. The van der Waals surface area contributed by atoms with Crippen LogP contribution in [-0.4, -0.2) is 42.9 Å². The number of nitrogens with zero attached hydrogens (tertiary/aromatic N) is 2. The molecule has 0 saturated carbocycles. The molecule has 1 N–H and O–H groups in total. The first kappa shape index (κ1) is 21.3. The summed E-state index contributed by atoms with van der Waals surface area (Å²) in [5.74, 6) is -0.414. The number of hydrogen-bond donors (Lipinski definition) is 1. The number of piperazine rings is 1. The Morgan fingerprint density at radius 3 is 2.36 bits per heavy atom. The molecule has 3 aromatic carbocycles. The van der Waals surface area contributed by atoms with Crippen LogP contribution in [0.4, 0.5) is 15.8 Å². The second kappa shape index (κ2) is 9.11. The monoisotopic (exact) mass is 459 g/mol. The number of carbonyl (C=O) groups excluding carboxylic acids is 2. The summed E-state index contributed by atoms with van der Waals surface area (Å²) in [5.41, 5.74) is 2.85. The number of thioether (sulfide) groups is 1. The fraction of sp³-hybridized carbons (Fsp3) is 0.154. The highest BCUT2D eigenvalue weighted by molar-refractivity contribution is 8.04. The maximum atomic E-state index is 14.0. The van der Waals surface area contributed by atoms with Crippen LogP contribution in [0.2, 0.25) is 0 Å². The minimum Gasteiger partial charge on any atom is -0.366 e. The summed E-state index contributed by atoms with van der Waals surface area (Å²) in [6.07, 6.45) is 1.83. The average Bonchev–Trinajstić information content (AvgIpc) is 2.85. The van der Waals surface area contributed by atoms with Gasteiger partial charge >= 0.3 is 0 Å². The molecule has 0 unspecified atom stereocenters. The predicted molar refractivity (Wildman–Crippen MR) is 130 cm³/mol. The lowest BCUT2D eigenvalue weighted by Gasteiger charge is -2.36. The molecule has 7 heteroatoms. The number of fused-ring (bicyclic) bond motifs is 1. The second-order valence-corrected chi connectivity index (χ2v) is 9.00. The molecule has 0 aromatic heterocycles. The standard InChI is InChI=1S/C26H22FN3O2S/c27-20-5-1-3-7-22(20)29-13-15-30(16-14-29)26(32)19-11-9-18(10-12-19)17-24-25(31)28-21-6-2-4-8-23(21)33-24/h1-12,17H,13-16H2,(H,28,31). The van der Waals surface area contributed by atoms with Crippen LogP contribution in [0.5, 0.6) is 0 Å². The van der Waals surface area contributed by atoms with Crippen molar-refractivity contribution in [1.82, 2.24) is 4.90 Å². The smallest absolute Gasteiger partial charge is 0.262 e. The third-order valence-electron chi connectivity index (χ3n) is 5.79. The van der Waals surface area contributed by atoms with Gasteiger partial charge in [0.2, 0.25) is 0 Å². The molecule has 2 amide bonds. The van der Waals surface area contributed by atoms with Crippen molar-refractivity contribution in [3.8, 4) is 0 Å². The van der Waals surface area contributed by atoms with E-state index in [0.29, 0.717) is 42.3 Å². The van der Waals surface area contributed by atoms with Crippen LogP contribution in [0.1, 0.15) is 15.9 Å². The molecular weight excluding hydrogens is 437 g/mol. The van der Waals surface area contributed by atoms with Crippen molar-refractivity contribution in [2.45, 2.75) is 4.90 Å². The van der Waals surface area contributed by atoms with E-state index in [1.165, 1.54) is 17.8 Å². The third-order valence-corrected chi connectivity index (χ3v) is 6.89. The van der Waals surface area contributed by atoms with Gasteiger partial charge in [-0.15, -0.1) is 0 Å². The van der Waals surface area contributed by atoms with Crippen molar-refractivity contribution >= 4 is 41.0 Å². The van der Waals surface area contributed by atoms with Crippen molar-refractivity contribution in [3.05, 3.63) is 94.6 Å². The number of anilines is 2. The Hall–Kier alpha value is -3.58. The quantitative estimate of drug-likeness (QED) is 0.568. The van der Waals surface area contributed by atoms with Gasteiger partial charge in [-0.05, 0) is 48.0 Å². The Morgan fingerprint density at radius 2 is 1.61 bits per heavy atom. The summed E-state index contributed by atoms with van der Waals surface area (Å²) in [6.45, 7) is 2.25. The van der Waals surface area contributed by atoms with E-state index in [-0.39, 0.29) is 17.6 Å². The molecular formula is C26H22FN3O2S. The van der Waals surface area contributed by atoms with Crippen LogP contribution < -0.4 is 10.2 Å². The minimum atomic E-state index is -0.240. The maximum absolute atomic E-state index is 14.0. The molecule has 0 radical (unpaired) electrons. The zero-order valence-corrected chi connectivity index (χ0v) is 18.6. The van der Waals surface area contributed by atoms with Crippen LogP contribution >= 0.6 is 11.8 Å². The van der Waals surface area contributed by atoms with E-state index in [9.17, 15) is 14.0 Å². The molecule has 166 valence electrons. The van der Waals surface area contributed by atoms with E-state index < -0.39 is 0 Å². The summed E-state index contributed by atoms with van der Waals surface area (Å²) in [7, 11) is 0. The lowest BCUT2D eigenvalue weighted by Crippen LogP contribution is -2.49. The predicted octanol–water partition coefficient (Wildman–Crippen LogP) is 4.87. The Morgan fingerprint density at radius 1 is 0.909 bits per heavy atom. The van der Waals surface area contributed by atoms with Gasteiger partial charge in [0, 0.05) is 36.6 Å². The first-order valence-corrected chi connectivity index (χ1v) is 11.6. The summed E-state index contributed by atoms with van der Waals surface area (Å²) in [5, 5.41) is 2.91. The van der Waals surface area contributed by atoms with Gasteiger partial charge < -0.3 is 15.1 Å². The summed E-state index contributed by atoms with van der Waals surface area (Å²) >= 11 is 1.44. The number of carbonyl (C=O) groups is 2. The highest BCUT2D eigenvalue weighted by Crippen LogP contribution is 2.38. The van der Waals surface area contributed by atoms with Crippen molar-refractivity contribution in [2.24, 2.45) is 0 Å². The Bertz CT molecular complexity index is 1230. The number of hydrogen-bond acceptors (Lipinski definition) is 4. The van der Waals surface area contributed by atoms with E-state index >= 15 is 0 Å². The molecule has 0 aliphatic carbocycles. The molecule has 0 spiro atoms. The molecule has 0 atom stereocenters. The van der Waals surface area contributed by atoms with Crippen molar-refractivity contribution in [1.29, 1.82) is 0 Å². The lowest BCUT2D eigenvalue weighted by molar-refractivity contribution is -0.112. The molecule has 1 fully saturated rings. The molecule has 2 heterocycles. The van der Waals surface area contributed by atoms with Gasteiger partial charge in [0.25, 0.3) is 11.8 Å². The van der Waals surface area contributed by atoms with Gasteiger partial charge in [-0.25, -0.2) is 4.39 Å². The normalized spacial score (nSPS) is 17.0. The number of rotatable bonds is 3. The number of benzene rings is 3. The molecule has 5 nitrogen and oxygen atoms in total. The second-order valence-electron chi connectivity index (χ2n) is 7.91. The summed E-state index contributed by atoms with van der Waals surface area (Å²) in [4.78, 5) is 30.7. The van der Waals surface area contributed by atoms with Gasteiger partial charge in [0.05, 0.1) is 16.3 Å². The largest absolute Gasteiger partial charge is 0.366 e. The first-order chi connectivity index (χ1) is 16.1. The van der Waals surface area contributed by atoms with Gasteiger partial charge in [-0.3, -0.25) is 9.59 Å². The third kappa shape index (κ3) is 4.50. The van der Waals surface area contributed by atoms with Crippen LogP contribution in [0.3, 0.4) is 0 Å². The van der Waals surface area contributed by atoms with Crippen molar-refractivity contribution in [2.75, 3.05) is 36.4 Å². The molecule has 2 aliphatic heterocycles. The van der Waals surface area contributed by atoms with E-state index in [1.54, 1.807) is 29.2 Å². The topological polar surface area (TPSA) is 52.7 Å². The Kier molecular flexibility index (Phi) is 5.88. The highest BCUT2D eigenvalue weighted by atomic mass is 32.2. The van der Waals surface area contributed by atoms with Crippen molar-refractivity contribution < 1.29 is 14.0 Å². The summed E-state index contributed by atoms with van der Waals surface area (Å²) < 4.78 is 14.0. The van der Waals surface area contributed by atoms with E-state index in [4.69, 9.17) is 0 Å². The number of amides is 2. The number of para-hydroxylation sites is 2. The van der Waals surface area contributed by atoms with Crippen LogP contribution in [0.25, 0.3) is 6.08 Å². The Balaban J connectivity index is 1.24. The fourth-order valence-corrected chi connectivity index (χ4v) is 4.97. The molecule has 0 bridgehead atoms. The SMILES string of the molecule is O=C1Nc2ccccc2SC1=Cc1ccc(C(=O)N2CCN(c3ccccc3F)CC2)cc1.